The maximum absolute atomic E-state index is 12.5. The first-order chi connectivity index (χ1) is 12.3. The van der Waals surface area contributed by atoms with E-state index < -0.39 is 0 Å². The molecule has 2 amide bonds. The Morgan fingerprint density at radius 2 is 1.81 bits per heavy atom. The molecule has 1 saturated heterocycles. The third-order valence-corrected chi connectivity index (χ3v) is 5.15. The normalized spacial score (nSPS) is 17.6. The highest BCUT2D eigenvalue weighted by Gasteiger charge is 2.35. The molecule has 2 rings (SSSR count). The van der Waals surface area contributed by atoms with Crippen molar-refractivity contribution in [2.45, 2.75) is 59.5 Å². The Morgan fingerprint density at radius 3 is 2.35 bits per heavy atom. The van der Waals surface area contributed by atoms with E-state index >= 15 is 0 Å². The predicted octanol–water partition coefficient (Wildman–Crippen LogP) is 2.84. The number of amides is 2. The molecule has 0 aromatic heterocycles. The van der Waals surface area contributed by atoms with E-state index in [1.54, 1.807) is 4.90 Å². The van der Waals surface area contributed by atoms with Gasteiger partial charge in [0.25, 0.3) is 0 Å². The molecule has 1 fully saturated rings. The summed E-state index contributed by atoms with van der Waals surface area (Å²) in [6, 6.07) is 8.92. The van der Waals surface area contributed by atoms with Gasteiger partial charge in [-0.15, -0.1) is 0 Å². The van der Waals surface area contributed by atoms with Gasteiger partial charge in [-0.25, -0.2) is 0 Å². The molecule has 1 aliphatic heterocycles. The zero-order valence-electron chi connectivity index (χ0n) is 16.8. The molecule has 5 heteroatoms. The molecule has 0 saturated carbocycles. The lowest BCUT2D eigenvalue weighted by atomic mass is 10.1. The molecule has 1 aromatic rings. The van der Waals surface area contributed by atoms with Crippen LogP contribution < -0.4 is 10.2 Å². The average Bonchev–Trinajstić information content (AvgIpc) is 2.99. The molecule has 1 heterocycles. The van der Waals surface area contributed by atoms with Crippen molar-refractivity contribution in [3.63, 3.8) is 0 Å². The summed E-state index contributed by atoms with van der Waals surface area (Å²) in [5, 5.41) is 3.02. The fourth-order valence-electron chi connectivity index (χ4n) is 3.61. The summed E-state index contributed by atoms with van der Waals surface area (Å²) in [4.78, 5) is 28.9. The number of anilines is 1. The molecule has 0 spiro atoms. The maximum atomic E-state index is 12.5. The van der Waals surface area contributed by atoms with Gasteiger partial charge in [0.05, 0.1) is 5.92 Å². The molecule has 144 valence electrons. The highest BCUT2D eigenvalue weighted by atomic mass is 16.2. The number of benzene rings is 1. The van der Waals surface area contributed by atoms with Gasteiger partial charge < -0.3 is 10.2 Å². The highest BCUT2D eigenvalue weighted by molar-refractivity contribution is 6.00. The molecular formula is C21H33N3O2. The molecule has 26 heavy (non-hydrogen) atoms. The molecule has 1 aromatic carbocycles. The predicted molar refractivity (Wildman–Crippen MR) is 106 cm³/mol. The van der Waals surface area contributed by atoms with Crippen molar-refractivity contribution >= 4 is 17.5 Å². The molecule has 1 N–H and O–H groups in total. The van der Waals surface area contributed by atoms with Crippen LogP contribution in [0.3, 0.4) is 0 Å². The highest BCUT2D eigenvalue weighted by Crippen LogP contribution is 2.25. The summed E-state index contributed by atoms with van der Waals surface area (Å²) in [5.74, 6) is -0.251. The van der Waals surface area contributed by atoms with Crippen molar-refractivity contribution in [3.8, 4) is 0 Å². The summed E-state index contributed by atoms with van der Waals surface area (Å²) < 4.78 is 0. The van der Waals surface area contributed by atoms with Crippen LogP contribution in [0, 0.1) is 5.92 Å². The van der Waals surface area contributed by atoms with Gasteiger partial charge >= 0.3 is 0 Å². The average molecular weight is 360 g/mol. The molecule has 1 atom stereocenters. The van der Waals surface area contributed by atoms with Gasteiger partial charge in [0.1, 0.15) is 0 Å². The molecule has 0 unspecified atom stereocenters. The van der Waals surface area contributed by atoms with E-state index in [1.165, 1.54) is 5.56 Å². The lowest BCUT2D eigenvalue weighted by Gasteiger charge is -2.30. The smallest absolute Gasteiger partial charge is 0.227 e. The van der Waals surface area contributed by atoms with Crippen molar-refractivity contribution in [2.24, 2.45) is 5.92 Å². The van der Waals surface area contributed by atoms with Gasteiger partial charge in [-0.1, -0.05) is 19.1 Å². The first-order valence-corrected chi connectivity index (χ1v) is 9.76. The molecule has 0 radical (unpaired) electrons. The summed E-state index contributed by atoms with van der Waals surface area (Å²) >= 11 is 0. The first kappa shape index (κ1) is 20.4. The van der Waals surface area contributed by atoms with E-state index in [0.717, 1.165) is 18.7 Å². The van der Waals surface area contributed by atoms with E-state index in [4.69, 9.17) is 0 Å². The number of carbonyl (C=O) groups excluding carboxylic acids is 2. The van der Waals surface area contributed by atoms with E-state index in [1.807, 2.05) is 24.3 Å². The molecule has 0 aliphatic carbocycles. The zero-order valence-corrected chi connectivity index (χ0v) is 16.8. The van der Waals surface area contributed by atoms with Crippen LogP contribution in [0.25, 0.3) is 0 Å². The Morgan fingerprint density at radius 1 is 1.19 bits per heavy atom. The first-order valence-electron chi connectivity index (χ1n) is 9.76. The van der Waals surface area contributed by atoms with Crippen LogP contribution in [0.1, 0.15) is 46.6 Å². The Labute approximate surface area is 157 Å². The van der Waals surface area contributed by atoms with Crippen LogP contribution in [-0.4, -0.2) is 48.4 Å². The number of hydrogen-bond donors (Lipinski definition) is 1. The minimum Gasteiger partial charge on any atom is -0.355 e. The molecule has 1 aliphatic rings. The summed E-state index contributed by atoms with van der Waals surface area (Å²) in [6.07, 6.45) is 1.27. The van der Waals surface area contributed by atoms with Gasteiger partial charge in [0.2, 0.25) is 11.8 Å². The third-order valence-electron chi connectivity index (χ3n) is 5.15. The second kappa shape index (κ2) is 9.17. The van der Waals surface area contributed by atoms with Crippen molar-refractivity contribution in [1.82, 2.24) is 10.2 Å². The summed E-state index contributed by atoms with van der Waals surface area (Å²) in [5.41, 5.74) is 2.13. The van der Waals surface area contributed by atoms with Crippen LogP contribution in [0.4, 0.5) is 5.69 Å². The maximum Gasteiger partial charge on any atom is 0.227 e. The number of rotatable bonds is 8. The number of nitrogens with one attached hydrogen (secondary N) is 1. The number of aryl methyl sites for hydroxylation is 1. The molecule has 5 nitrogen and oxygen atoms in total. The number of hydrogen-bond acceptors (Lipinski definition) is 3. The van der Waals surface area contributed by atoms with Crippen LogP contribution in [0.2, 0.25) is 0 Å². The van der Waals surface area contributed by atoms with E-state index in [2.05, 4.69) is 44.8 Å². The Bertz CT molecular complexity index is 602. The van der Waals surface area contributed by atoms with Crippen molar-refractivity contribution in [3.05, 3.63) is 29.8 Å². The molecule has 0 bridgehead atoms. The fraction of sp³-hybridized carbons (Fsp3) is 0.619. The van der Waals surface area contributed by atoms with Crippen LogP contribution >= 0.6 is 0 Å². The Balaban J connectivity index is 1.88. The van der Waals surface area contributed by atoms with Crippen LogP contribution in [-0.2, 0) is 16.0 Å². The van der Waals surface area contributed by atoms with Crippen molar-refractivity contribution in [2.75, 3.05) is 24.5 Å². The van der Waals surface area contributed by atoms with Crippen molar-refractivity contribution in [1.29, 1.82) is 0 Å². The standard InChI is InChI=1S/C21H33N3O2/c1-6-17-7-9-19(10-8-17)24-14-18(13-20(24)25)21(26)22-11-12-23(15(2)3)16(4)5/h7-10,15-16,18H,6,11-14H2,1-5H3,(H,22,26)/t18-/m1/s1. The topological polar surface area (TPSA) is 52.7 Å². The van der Waals surface area contributed by atoms with Gasteiger partial charge in [-0.2, -0.15) is 0 Å². The monoisotopic (exact) mass is 359 g/mol. The summed E-state index contributed by atoms with van der Waals surface area (Å²) in [6.45, 7) is 12.7. The second-order valence-corrected chi connectivity index (χ2v) is 7.64. The van der Waals surface area contributed by atoms with E-state index in [0.29, 0.717) is 31.6 Å². The Hall–Kier alpha value is -1.88. The number of carbonyl (C=O) groups is 2. The summed E-state index contributed by atoms with van der Waals surface area (Å²) in [7, 11) is 0. The van der Waals surface area contributed by atoms with Gasteiger partial charge in [-0.3, -0.25) is 14.5 Å². The SMILES string of the molecule is CCc1ccc(N2C[C@H](C(=O)NCCN(C(C)C)C(C)C)CC2=O)cc1. The van der Waals surface area contributed by atoms with Crippen LogP contribution in [0.5, 0.6) is 0 Å². The largest absolute Gasteiger partial charge is 0.355 e. The Kier molecular flexibility index (Phi) is 7.21. The minimum atomic E-state index is -0.264. The van der Waals surface area contributed by atoms with Gasteiger partial charge in [0, 0.05) is 43.8 Å². The number of nitrogens with zero attached hydrogens (tertiary/aromatic N) is 2. The third kappa shape index (κ3) is 5.07. The lowest BCUT2D eigenvalue weighted by molar-refractivity contribution is -0.126. The lowest BCUT2D eigenvalue weighted by Crippen LogP contribution is -2.43. The van der Waals surface area contributed by atoms with E-state index in [9.17, 15) is 9.59 Å². The van der Waals surface area contributed by atoms with Crippen molar-refractivity contribution < 1.29 is 9.59 Å². The van der Waals surface area contributed by atoms with Gasteiger partial charge in [0.15, 0.2) is 0 Å². The zero-order chi connectivity index (χ0) is 19.3. The minimum absolute atomic E-state index is 0.0153. The molecular weight excluding hydrogens is 326 g/mol. The second-order valence-electron chi connectivity index (χ2n) is 7.64. The quantitative estimate of drug-likeness (QED) is 0.776. The van der Waals surface area contributed by atoms with Crippen LogP contribution in [0.15, 0.2) is 24.3 Å². The van der Waals surface area contributed by atoms with E-state index in [-0.39, 0.29) is 17.7 Å². The van der Waals surface area contributed by atoms with Gasteiger partial charge in [-0.05, 0) is 51.8 Å². The fourth-order valence-corrected chi connectivity index (χ4v) is 3.61.